The smallest absolute Gasteiger partial charge is 0.335 e. The predicted octanol–water partition coefficient (Wildman–Crippen LogP) is 3.11. The molecule has 0 amide bonds. The van der Waals surface area contributed by atoms with Crippen molar-refractivity contribution in [1.82, 2.24) is 4.72 Å². The van der Waals surface area contributed by atoms with Crippen LogP contribution >= 0.6 is 0 Å². The lowest BCUT2D eigenvalue weighted by molar-refractivity contribution is 0.0696. The predicted molar refractivity (Wildman–Crippen MR) is 82.3 cm³/mol. The van der Waals surface area contributed by atoms with Gasteiger partial charge < -0.3 is 9.66 Å². The third kappa shape index (κ3) is 3.75. The summed E-state index contributed by atoms with van der Waals surface area (Å²) in [5, 5.41) is 9.11. The monoisotopic (exact) mass is 297 g/mol. The van der Waals surface area contributed by atoms with E-state index in [2.05, 4.69) is 4.72 Å². The van der Waals surface area contributed by atoms with Crippen LogP contribution in [0.15, 0.2) is 12.1 Å². The lowest BCUT2D eigenvalue weighted by Gasteiger charge is -2.27. The summed E-state index contributed by atoms with van der Waals surface area (Å²) in [7, 11) is 0. The normalized spacial score (nSPS) is 14.9. The highest BCUT2D eigenvalue weighted by atomic mass is 32.2. The first-order valence-electron chi connectivity index (χ1n) is 6.57. The van der Waals surface area contributed by atoms with Crippen molar-refractivity contribution < 1.29 is 14.5 Å². The van der Waals surface area contributed by atoms with Crippen molar-refractivity contribution in [2.24, 2.45) is 0 Å². The molecule has 0 saturated carbocycles. The van der Waals surface area contributed by atoms with Gasteiger partial charge in [-0.3, -0.25) is 0 Å². The number of benzene rings is 1. The zero-order chi connectivity index (χ0) is 15.7. The number of nitrogens with one attached hydrogen (secondary N) is 1. The third-order valence-electron chi connectivity index (χ3n) is 3.37. The first kappa shape index (κ1) is 17.0. The minimum absolute atomic E-state index is 0.100. The highest BCUT2D eigenvalue weighted by Gasteiger charge is 2.29. The van der Waals surface area contributed by atoms with Crippen LogP contribution in [0.5, 0.6) is 0 Å². The Kier molecular flexibility index (Phi) is 5.24. The van der Waals surface area contributed by atoms with Crippen molar-refractivity contribution in [2.75, 3.05) is 0 Å². The Morgan fingerprint density at radius 1 is 1.30 bits per heavy atom. The Hall–Kier alpha value is -1.04. The van der Waals surface area contributed by atoms with Gasteiger partial charge in [-0.15, -0.1) is 4.72 Å². The van der Waals surface area contributed by atoms with E-state index >= 15 is 0 Å². The van der Waals surface area contributed by atoms with Gasteiger partial charge >= 0.3 is 5.97 Å². The van der Waals surface area contributed by atoms with E-state index in [1.165, 1.54) is 0 Å². The zero-order valence-electron chi connectivity index (χ0n) is 12.9. The van der Waals surface area contributed by atoms with Crippen LogP contribution in [-0.2, 0) is 11.4 Å². The fourth-order valence-electron chi connectivity index (χ4n) is 1.94. The molecule has 4 nitrogen and oxygen atoms in total. The van der Waals surface area contributed by atoms with Crippen molar-refractivity contribution >= 4 is 17.3 Å². The minimum atomic E-state index is -1.16. The van der Waals surface area contributed by atoms with Gasteiger partial charge in [-0.1, -0.05) is 6.07 Å². The van der Waals surface area contributed by atoms with Crippen LogP contribution in [-0.4, -0.2) is 20.4 Å². The Bertz CT molecular complexity index is 509. The fourth-order valence-corrected chi connectivity index (χ4v) is 2.74. The summed E-state index contributed by atoms with van der Waals surface area (Å²) in [4.78, 5) is 11.1. The van der Waals surface area contributed by atoms with Gasteiger partial charge in [0, 0.05) is 11.4 Å². The van der Waals surface area contributed by atoms with E-state index in [-0.39, 0.29) is 10.8 Å². The summed E-state index contributed by atoms with van der Waals surface area (Å²) in [5.74, 6) is -0.920. The molecule has 0 radical (unpaired) electrons. The van der Waals surface area contributed by atoms with Gasteiger partial charge in [0.1, 0.15) is 4.75 Å². The standard InChI is InChI=1S/C15H23NO3S/c1-9-10(2)13(14(17)18)8-7-12(9)11(3)16-20(19)15(4,5)6/h7-8,11,16H,1-6H3,(H,17,18)/t11-,20-/m0/s1. The van der Waals surface area contributed by atoms with Crippen molar-refractivity contribution in [2.45, 2.75) is 52.3 Å². The first-order chi connectivity index (χ1) is 9.05. The van der Waals surface area contributed by atoms with Crippen molar-refractivity contribution in [3.8, 4) is 0 Å². The molecule has 0 aliphatic rings. The molecule has 0 bridgehead atoms. The van der Waals surface area contributed by atoms with E-state index in [0.717, 1.165) is 16.7 Å². The largest absolute Gasteiger partial charge is 0.598 e. The van der Waals surface area contributed by atoms with Crippen LogP contribution in [0.2, 0.25) is 0 Å². The Morgan fingerprint density at radius 2 is 1.85 bits per heavy atom. The minimum Gasteiger partial charge on any atom is -0.598 e. The van der Waals surface area contributed by atoms with Crippen LogP contribution < -0.4 is 4.72 Å². The van der Waals surface area contributed by atoms with Gasteiger partial charge in [-0.05, 0) is 64.3 Å². The third-order valence-corrected chi connectivity index (χ3v) is 5.05. The number of carboxylic acid groups (broad SMARTS) is 1. The average Bonchev–Trinajstić information content (AvgIpc) is 2.30. The summed E-state index contributed by atoms with van der Waals surface area (Å²) in [6.45, 7) is 11.4. The summed E-state index contributed by atoms with van der Waals surface area (Å²) in [6.07, 6.45) is 0. The second-order valence-electron chi connectivity index (χ2n) is 5.98. The molecule has 2 N–H and O–H groups in total. The molecular formula is C15H23NO3S. The number of carbonyl (C=O) groups is 1. The fraction of sp³-hybridized carbons (Fsp3) is 0.533. The van der Waals surface area contributed by atoms with Crippen LogP contribution in [0.25, 0.3) is 0 Å². The second kappa shape index (κ2) is 6.16. The van der Waals surface area contributed by atoms with E-state index in [4.69, 9.17) is 5.11 Å². The maximum atomic E-state index is 12.1. The Morgan fingerprint density at radius 3 is 2.30 bits per heavy atom. The molecule has 1 rings (SSSR count). The highest BCUT2D eigenvalue weighted by molar-refractivity contribution is 7.90. The van der Waals surface area contributed by atoms with Gasteiger partial charge in [0.25, 0.3) is 0 Å². The van der Waals surface area contributed by atoms with Crippen LogP contribution in [0.1, 0.15) is 60.8 Å². The quantitative estimate of drug-likeness (QED) is 0.838. The molecule has 0 aliphatic carbocycles. The molecule has 0 fully saturated rings. The Balaban J connectivity index is 3.04. The van der Waals surface area contributed by atoms with E-state index in [9.17, 15) is 9.35 Å². The number of hydrogen-bond donors (Lipinski definition) is 2. The van der Waals surface area contributed by atoms with E-state index in [1.807, 2.05) is 34.6 Å². The number of hydrogen-bond acceptors (Lipinski definition) is 3. The molecule has 0 unspecified atom stereocenters. The van der Waals surface area contributed by atoms with E-state index in [0.29, 0.717) is 5.56 Å². The zero-order valence-corrected chi connectivity index (χ0v) is 13.7. The molecule has 0 aliphatic heterocycles. The summed E-state index contributed by atoms with van der Waals surface area (Å²) in [5.41, 5.74) is 2.97. The average molecular weight is 297 g/mol. The van der Waals surface area contributed by atoms with Gasteiger partial charge in [0.05, 0.1) is 11.6 Å². The molecular weight excluding hydrogens is 274 g/mol. The molecule has 5 heteroatoms. The molecule has 0 saturated heterocycles. The van der Waals surface area contributed by atoms with Crippen LogP contribution in [0.4, 0.5) is 0 Å². The molecule has 0 aromatic heterocycles. The van der Waals surface area contributed by atoms with E-state index < -0.39 is 17.3 Å². The number of aromatic carboxylic acids is 1. The molecule has 0 spiro atoms. The highest BCUT2D eigenvalue weighted by Crippen LogP contribution is 2.25. The van der Waals surface area contributed by atoms with Crippen molar-refractivity contribution in [3.63, 3.8) is 0 Å². The Labute approximate surface area is 123 Å². The SMILES string of the molecule is Cc1c(C(=O)O)ccc([C@H](C)N[S@@+]([O-])C(C)(C)C)c1C. The van der Waals surface area contributed by atoms with Gasteiger partial charge in [0.15, 0.2) is 0 Å². The van der Waals surface area contributed by atoms with Gasteiger partial charge in [-0.2, -0.15) is 0 Å². The molecule has 2 atom stereocenters. The number of carboxylic acids is 1. The molecule has 112 valence electrons. The summed E-state index contributed by atoms with van der Waals surface area (Å²) in [6, 6.07) is 3.30. The molecule has 20 heavy (non-hydrogen) atoms. The van der Waals surface area contributed by atoms with Crippen LogP contribution in [0, 0.1) is 13.8 Å². The molecule has 0 heterocycles. The molecule has 1 aromatic carbocycles. The van der Waals surface area contributed by atoms with Gasteiger partial charge in [0.2, 0.25) is 0 Å². The lowest BCUT2D eigenvalue weighted by atomic mass is 9.95. The topological polar surface area (TPSA) is 72.4 Å². The molecule has 1 aromatic rings. The van der Waals surface area contributed by atoms with Crippen molar-refractivity contribution in [1.29, 1.82) is 0 Å². The first-order valence-corrected chi connectivity index (χ1v) is 7.72. The lowest BCUT2D eigenvalue weighted by Crippen LogP contribution is -2.40. The summed E-state index contributed by atoms with van der Waals surface area (Å²) < 4.78 is 14.9. The maximum absolute atomic E-state index is 12.1. The van der Waals surface area contributed by atoms with Crippen LogP contribution in [0.3, 0.4) is 0 Å². The number of rotatable bonds is 4. The van der Waals surface area contributed by atoms with Gasteiger partial charge in [-0.25, -0.2) is 4.79 Å². The van der Waals surface area contributed by atoms with Crippen molar-refractivity contribution in [3.05, 3.63) is 34.4 Å². The summed E-state index contributed by atoms with van der Waals surface area (Å²) >= 11 is -1.16. The second-order valence-corrected chi connectivity index (χ2v) is 7.98. The maximum Gasteiger partial charge on any atom is 0.335 e. The van der Waals surface area contributed by atoms with E-state index in [1.54, 1.807) is 19.1 Å².